The van der Waals surface area contributed by atoms with Crippen molar-refractivity contribution < 1.29 is 23.5 Å². The van der Waals surface area contributed by atoms with Crippen LogP contribution >= 0.6 is 11.3 Å². The van der Waals surface area contributed by atoms with Crippen molar-refractivity contribution in [2.24, 2.45) is 0 Å². The van der Waals surface area contributed by atoms with Gasteiger partial charge in [-0.3, -0.25) is 5.32 Å². The minimum absolute atomic E-state index is 0.262. The predicted molar refractivity (Wildman–Crippen MR) is 111 cm³/mol. The van der Waals surface area contributed by atoms with Crippen LogP contribution in [0.5, 0.6) is 0 Å². The van der Waals surface area contributed by atoms with Gasteiger partial charge in [0.25, 0.3) is 0 Å². The van der Waals surface area contributed by atoms with Crippen molar-refractivity contribution in [3.05, 3.63) is 41.5 Å². The highest BCUT2D eigenvalue weighted by atomic mass is 32.1. The third-order valence-corrected chi connectivity index (χ3v) is 5.34. The summed E-state index contributed by atoms with van der Waals surface area (Å²) >= 11 is 1.45. The van der Waals surface area contributed by atoms with Crippen LogP contribution in [0.15, 0.2) is 35.7 Å². The summed E-state index contributed by atoms with van der Waals surface area (Å²) in [6, 6.07) is 7.90. The van der Waals surface area contributed by atoms with Crippen LogP contribution in [-0.2, 0) is 9.47 Å². The highest BCUT2D eigenvalue weighted by Gasteiger charge is 2.28. The summed E-state index contributed by atoms with van der Waals surface area (Å²) in [6.07, 6.45) is -0.0333. The van der Waals surface area contributed by atoms with Gasteiger partial charge in [0.1, 0.15) is 17.5 Å². The Labute approximate surface area is 173 Å². The van der Waals surface area contributed by atoms with E-state index < -0.39 is 11.7 Å². The number of ether oxygens (including phenoxy) is 2. The van der Waals surface area contributed by atoms with Gasteiger partial charge in [-0.05, 0) is 49.9 Å². The standard InChI is InChI=1S/C21H25FN2O4S/c1-21(2,3)28-20(26)24-11-8-16(9-12-24)27-19(25)23-17-10-13-29-18(17)14-4-6-15(22)7-5-14/h4-7,10,13,16H,8-9,11-12H2,1-3H3,(H,23,25). The Hall–Kier alpha value is -2.61. The van der Waals surface area contributed by atoms with Crippen molar-refractivity contribution in [2.75, 3.05) is 18.4 Å². The number of carbonyl (C=O) groups excluding carboxylic acids is 2. The maximum Gasteiger partial charge on any atom is 0.411 e. The summed E-state index contributed by atoms with van der Waals surface area (Å²) in [5.74, 6) is -0.308. The minimum Gasteiger partial charge on any atom is -0.446 e. The highest BCUT2D eigenvalue weighted by Crippen LogP contribution is 2.34. The van der Waals surface area contributed by atoms with Crippen LogP contribution in [0.3, 0.4) is 0 Å². The molecule has 0 saturated carbocycles. The van der Waals surface area contributed by atoms with E-state index in [1.54, 1.807) is 23.1 Å². The molecule has 0 aliphatic carbocycles. The van der Waals surface area contributed by atoms with Crippen LogP contribution in [0, 0.1) is 5.82 Å². The maximum absolute atomic E-state index is 13.1. The number of piperidine rings is 1. The fraction of sp³-hybridized carbons (Fsp3) is 0.429. The minimum atomic E-state index is -0.539. The summed E-state index contributed by atoms with van der Waals surface area (Å²) < 4.78 is 24.0. The average Bonchev–Trinajstić information content (AvgIpc) is 3.09. The Bertz CT molecular complexity index is 852. The van der Waals surface area contributed by atoms with Gasteiger partial charge in [0, 0.05) is 25.9 Å². The summed E-state index contributed by atoms with van der Waals surface area (Å²) in [7, 11) is 0. The number of halogens is 1. The molecule has 156 valence electrons. The first kappa shape index (κ1) is 21.1. The van der Waals surface area contributed by atoms with Crippen molar-refractivity contribution in [3.63, 3.8) is 0 Å². The van der Waals surface area contributed by atoms with Crippen molar-refractivity contribution in [2.45, 2.75) is 45.3 Å². The Morgan fingerprint density at radius 2 is 1.79 bits per heavy atom. The summed E-state index contributed by atoms with van der Waals surface area (Å²) in [5.41, 5.74) is 0.910. The lowest BCUT2D eigenvalue weighted by Gasteiger charge is -2.33. The fourth-order valence-electron chi connectivity index (χ4n) is 3.01. The van der Waals surface area contributed by atoms with E-state index in [2.05, 4.69) is 5.32 Å². The van der Waals surface area contributed by atoms with E-state index in [0.29, 0.717) is 31.6 Å². The topological polar surface area (TPSA) is 67.9 Å². The number of nitrogens with one attached hydrogen (secondary N) is 1. The monoisotopic (exact) mass is 420 g/mol. The molecule has 0 radical (unpaired) electrons. The van der Waals surface area contributed by atoms with E-state index >= 15 is 0 Å². The molecule has 2 amide bonds. The first-order valence-electron chi connectivity index (χ1n) is 9.50. The largest absolute Gasteiger partial charge is 0.446 e. The van der Waals surface area contributed by atoms with Crippen molar-refractivity contribution in [1.29, 1.82) is 0 Å². The molecule has 8 heteroatoms. The molecule has 1 fully saturated rings. The molecule has 0 unspecified atom stereocenters. The van der Waals surface area contributed by atoms with Crippen molar-refractivity contribution >= 4 is 29.2 Å². The van der Waals surface area contributed by atoms with Gasteiger partial charge in [0.2, 0.25) is 0 Å². The zero-order chi connectivity index (χ0) is 21.0. The summed E-state index contributed by atoms with van der Waals surface area (Å²) in [4.78, 5) is 26.9. The van der Waals surface area contributed by atoms with Gasteiger partial charge in [-0.15, -0.1) is 11.3 Å². The first-order chi connectivity index (χ1) is 13.7. The third kappa shape index (κ3) is 5.93. The molecular weight excluding hydrogens is 395 g/mol. The van der Waals surface area contributed by atoms with E-state index in [1.807, 2.05) is 26.2 Å². The van der Waals surface area contributed by atoms with Gasteiger partial charge >= 0.3 is 12.2 Å². The number of carbonyl (C=O) groups is 2. The number of rotatable bonds is 3. The molecule has 0 atom stereocenters. The number of hydrogen-bond acceptors (Lipinski definition) is 5. The normalized spacial score (nSPS) is 15.1. The Morgan fingerprint density at radius 3 is 2.41 bits per heavy atom. The first-order valence-corrected chi connectivity index (χ1v) is 10.4. The SMILES string of the molecule is CC(C)(C)OC(=O)N1CCC(OC(=O)Nc2ccsc2-c2ccc(F)cc2)CC1. The van der Waals surface area contributed by atoms with Gasteiger partial charge < -0.3 is 14.4 Å². The zero-order valence-corrected chi connectivity index (χ0v) is 17.6. The molecule has 0 spiro atoms. The number of likely N-dealkylation sites (tertiary alicyclic amines) is 1. The molecule has 1 N–H and O–H groups in total. The van der Waals surface area contributed by atoms with Gasteiger partial charge in [-0.2, -0.15) is 0 Å². The number of benzene rings is 1. The maximum atomic E-state index is 13.1. The van der Waals surface area contributed by atoms with Crippen LogP contribution < -0.4 is 5.32 Å². The molecule has 1 aliphatic heterocycles. The van der Waals surface area contributed by atoms with Gasteiger partial charge in [0.05, 0.1) is 10.6 Å². The van der Waals surface area contributed by atoms with Crippen LogP contribution in [0.1, 0.15) is 33.6 Å². The van der Waals surface area contributed by atoms with Crippen molar-refractivity contribution in [3.8, 4) is 10.4 Å². The second-order valence-electron chi connectivity index (χ2n) is 7.87. The molecule has 1 aromatic heterocycles. The van der Waals surface area contributed by atoms with E-state index in [4.69, 9.17) is 9.47 Å². The molecule has 2 aromatic rings. The quantitative estimate of drug-likeness (QED) is 0.712. The van der Waals surface area contributed by atoms with E-state index in [1.165, 1.54) is 23.5 Å². The molecule has 1 aromatic carbocycles. The summed E-state index contributed by atoms with van der Waals surface area (Å²) in [5, 5.41) is 4.62. The number of anilines is 1. The van der Waals surface area contributed by atoms with Crippen molar-refractivity contribution in [1.82, 2.24) is 4.90 Å². The second-order valence-corrected chi connectivity index (χ2v) is 8.78. The van der Waals surface area contributed by atoms with E-state index in [-0.39, 0.29) is 18.0 Å². The smallest absolute Gasteiger partial charge is 0.411 e. The van der Waals surface area contributed by atoms with Gasteiger partial charge in [-0.1, -0.05) is 12.1 Å². The Morgan fingerprint density at radius 1 is 1.14 bits per heavy atom. The molecule has 3 rings (SSSR count). The summed E-state index contributed by atoms with van der Waals surface area (Å²) in [6.45, 7) is 6.44. The number of nitrogens with zero attached hydrogens (tertiary/aromatic N) is 1. The molecule has 0 bridgehead atoms. The van der Waals surface area contributed by atoms with Crippen LogP contribution in [-0.4, -0.2) is 41.9 Å². The van der Waals surface area contributed by atoms with Crippen LogP contribution in [0.4, 0.5) is 19.7 Å². The molecule has 6 nitrogen and oxygen atoms in total. The predicted octanol–water partition coefficient (Wildman–Crippen LogP) is 5.50. The molecule has 29 heavy (non-hydrogen) atoms. The number of hydrogen-bond donors (Lipinski definition) is 1. The fourth-order valence-corrected chi connectivity index (χ4v) is 3.86. The van der Waals surface area contributed by atoms with Crippen LogP contribution in [0.25, 0.3) is 10.4 Å². The molecule has 1 saturated heterocycles. The molecular formula is C21H25FN2O4S. The van der Waals surface area contributed by atoms with E-state index in [9.17, 15) is 14.0 Å². The van der Waals surface area contributed by atoms with Gasteiger partial charge in [0.15, 0.2) is 0 Å². The average molecular weight is 421 g/mol. The van der Waals surface area contributed by atoms with E-state index in [0.717, 1.165) is 10.4 Å². The molecule has 1 aliphatic rings. The lowest BCUT2D eigenvalue weighted by atomic mass is 10.1. The second kappa shape index (κ2) is 8.82. The zero-order valence-electron chi connectivity index (χ0n) is 16.7. The molecule has 2 heterocycles. The lowest BCUT2D eigenvalue weighted by molar-refractivity contribution is 0.00794. The number of thiophene rings is 1. The Balaban J connectivity index is 1.51. The third-order valence-electron chi connectivity index (χ3n) is 4.38. The Kier molecular flexibility index (Phi) is 6.42. The lowest BCUT2D eigenvalue weighted by Crippen LogP contribution is -2.44. The van der Waals surface area contributed by atoms with Gasteiger partial charge in [-0.25, -0.2) is 14.0 Å². The number of amides is 2. The highest BCUT2D eigenvalue weighted by molar-refractivity contribution is 7.14. The van der Waals surface area contributed by atoms with Crippen LogP contribution in [0.2, 0.25) is 0 Å².